The second-order valence-corrected chi connectivity index (χ2v) is 2.15. The Bertz CT molecular complexity index is 164. The summed E-state index contributed by atoms with van der Waals surface area (Å²) in [6.45, 7) is 0.350. The molecule has 6 nitrogen and oxygen atoms in total. The average Bonchev–Trinajstić information content (AvgIpc) is 2.10. The van der Waals surface area contributed by atoms with Crippen molar-refractivity contribution in [2.75, 3.05) is 19.5 Å². The molecule has 0 rings (SSSR count). The molecule has 0 aromatic carbocycles. The van der Waals surface area contributed by atoms with Crippen LogP contribution in [0, 0.1) is 0 Å². The standard InChI is InChI=1S/C5H11ClN4O2/c1-7-4(11)9-10-5(12)8-3-2-6/h2-3H2,1H3,(H2,7,9,11)(H2,8,10,12). The number of hydrogen-bond donors (Lipinski definition) is 4. The van der Waals surface area contributed by atoms with Crippen LogP contribution in [0.2, 0.25) is 0 Å². The fraction of sp³-hybridized carbons (Fsp3) is 0.600. The van der Waals surface area contributed by atoms with Crippen molar-refractivity contribution in [3.8, 4) is 0 Å². The molecule has 0 fully saturated rings. The van der Waals surface area contributed by atoms with Gasteiger partial charge in [0.1, 0.15) is 0 Å². The highest BCUT2D eigenvalue weighted by atomic mass is 35.5. The summed E-state index contributed by atoms with van der Waals surface area (Å²) in [4.78, 5) is 21.2. The molecular formula is C5H11ClN4O2. The van der Waals surface area contributed by atoms with Crippen molar-refractivity contribution in [3.05, 3.63) is 0 Å². The third-order valence-corrected chi connectivity index (χ3v) is 1.09. The van der Waals surface area contributed by atoms with Gasteiger partial charge in [-0.05, 0) is 0 Å². The zero-order chi connectivity index (χ0) is 9.40. The molecule has 0 aromatic rings. The fourth-order valence-electron chi connectivity index (χ4n) is 0.381. The van der Waals surface area contributed by atoms with Crippen LogP contribution in [-0.2, 0) is 0 Å². The van der Waals surface area contributed by atoms with Crippen LogP contribution >= 0.6 is 11.6 Å². The lowest BCUT2D eigenvalue weighted by Crippen LogP contribution is -2.50. The molecule has 0 aliphatic heterocycles. The highest BCUT2D eigenvalue weighted by Gasteiger charge is 1.99. The Morgan fingerprint density at radius 1 is 1.25 bits per heavy atom. The quantitative estimate of drug-likeness (QED) is 0.349. The van der Waals surface area contributed by atoms with Gasteiger partial charge in [0.05, 0.1) is 0 Å². The number of halogens is 1. The first-order valence-corrected chi connectivity index (χ1v) is 3.81. The second kappa shape index (κ2) is 6.53. The predicted octanol–water partition coefficient (Wildman–Crippen LogP) is -0.632. The number of nitrogens with one attached hydrogen (secondary N) is 4. The first-order valence-electron chi connectivity index (χ1n) is 3.28. The van der Waals surface area contributed by atoms with Crippen LogP contribution in [0.25, 0.3) is 0 Å². The van der Waals surface area contributed by atoms with E-state index in [1.807, 2.05) is 0 Å². The van der Waals surface area contributed by atoms with Crippen LogP contribution in [-0.4, -0.2) is 31.5 Å². The summed E-state index contributed by atoms with van der Waals surface area (Å²) in [6.07, 6.45) is 0. The van der Waals surface area contributed by atoms with Gasteiger partial charge in [-0.15, -0.1) is 11.6 Å². The minimum atomic E-state index is -0.501. The number of amides is 4. The van der Waals surface area contributed by atoms with Crippen molar-refractivity contribution in [3.63, 3.8) is 0 Å². The summed E-state index contributed by atoms with van der Waals surface area (Å²) < 4.78 is 0. The Morgan fingerprint density at radius 3 is 2.33 bits per heavy atom. The highest BCUT2D eigenvalue weighted by molar-refractivity contribution is 6.18. The largest absolute Gasteiger partial charge is 0.340 e. The first-order chi connectivity index (χ1) is 5.70. The lowest BCUT2D eigenvalue weighted by atomic mass is 10.7. The van der Waals surface area contributed by atoms with E-state index in [1.54, 1.807) is 0 Å². The van der Waals surface area contributed by atoms with Crippen molar-refractivity contribution in [1.29, 1.82) is 0 Å². The molecule has 12 heavy (non-hydrogen) atoms. The maximum atomic E-state index is 10.7. The van der Waals surface area contributed by atoms with E-state index >= 15 is 0 Å². The number of carbonyl (C=O) groups is 2. The molecule has 0 aliphatic rings. The van der Waals surface area contributed by atoms with Gasteiger partial charge >= 0.3 is 12.1 Å². The molecule has 70 valence electrons. The van der Waals surface area contributed by atoms with Gasteiger partial charge in [-0.1, -0.05) is 0 Å². The van der Waals surface area contributed by atoms with Gasteiger partial charge in [0, 0.05) is 19.5 Å². The van der Waals surface area contributed by atoms with E-state index in [-0.39, 0.29) is 0 Å². The Labute approximate surface area is 75.0 Å². The average molecular weight is 195 g/mol. The number of hydrogen-bond acceptors (Lipinski definition) is 2. The zero-order valence-corrected chi connectivity index (χ0v) is 7.36. The Morgan fingerprint density at radius 2 is 1.83 bits per heavy atom. The fourth-order valence-corrected chi connectivity index (χ4v) is 0.475. The minimum Gasteiger partial charge on any atom is -0.340 e. The molecule has 0 saturated carbocycles. The summed E-state index contributed by atoms with van der Waals surface area (Å²) in [6, 6.07) is -0.990. The van der Waals surface area contributed by atoms with E-state index in [0.717, 1.165) is 0 Å². The van der Waals surface area contributed by atoms with Crippen LogP contribution < -0.4 is 21.5 Å². The lowest BCUT2D eigenvalue weighted by molar-refractivity contribution is 0.225. The molecule has 0 spiro atoms. The number of alkyl halides is 1. The molecule has 0 radical (unpaired) electrons. The van der Waals surface area contributed by atoms with Crippen LogP contribution in [0.3, 0.4) is 0 Å². The topological polar surface area (TPSA) is 82.3 Å². The van der Waals surface area contributed by atoms with Crippen LogP contribution in [0.4, 0.5) is 9.59 Å². The summed E-state index contributed by atoms with van der Waals surface area (Å²) in [5.41, 5.74) is 4.18. The van der Waals surface area contributed by atoms with E-state index in [1.165, 1.54) is 7.05 Å². The normalized spacial score (nSPS) is 8.50. The number of hydrazine groups is 1. The van der Waals surface area contributed by atoms with E-state index < -0.39 is 12.1 Å². The zero-order valence-electron chi connectivity index (χ0n) is 6.61. The van der Waals surface area contributed by atoms with Crippen molar-refractivity contribution in [2.45, 2.75) is 0 Å². The van der Waals surface area contributed by atoms with Gasteiger partial charge in [0.25, 0.3) is 0 Å². The molecule has 0 atom stereocenters. The Balaban J connectivity index is 3.37. The minimum absolute atomic E-state index is 0.327. The molecule has 4 amide bonds. The molecule has 0 aromatic heterocycles. The van der Waals surface area contributed by atoms with Crippen LogP contribution in [0.1, 0.15) is 0 Å². The Hall–Kier alpha value is -1.17. The van der Waals surface area contributed by atoms with Crippen LogP contribution in [0.5, 0.6) is 0 Å². The van der Waals surface area contributed by atoms with Gasteiger partial charge in [0.2, 0.25) is 0 Å². The molecule has 0 bridgehead atoms. The smallest absolute Gasteiger partial charge is 0.333 e. The molecule has 0 unspecified atom stereocenters. The third-order valence-electron chi connectivity index (χ3n) is 0.897. The molecular weight excluding hydrogens is 184 g/mol. The van der Waals surface area contributed by atoms with Crippen LogP contribution in [0.15, 0.2) is 0 Å². The number of urea groups is 2. The van der Waals surface area contributed by atoms with Crippen molar-refractivity contribution in [2.24, 2.45) is 0 Å². The number of carbonyl (C=O) groups excluding carboxylic acids is 2. The summed E-state index contributed by atoms with van der Waals surface area (Å²) in [5.74, 6) is 0.327. The molecule has 0 saturated heterocycles. The Kier molecular flexibility index (Phi) is 5.90. The first kappa shape index (κ1) is 10.8. The van der Waals surface area contributed by atoms with E-state index in [9.17, 15) is 9.59 Å². The van der Waals surface area contributed by atoms with Gasteiger partial charge in [-0.3, -0.25) is 0 Å². The molecule has 0 heterocycles. The summed E-state index contributed by atoms with van der Waals surface area (Å²) in [7, 11) is 1.44. The second-order valence-electron chi connectivity index (χ2n) is 1.77. The van der Waals surface area contributed by atoms with Gasteiger partial charge < -0.3 is 10.6 Å². The van der Waals surface area contributed by atoms with E-state index in [0.29, 0.717) is 12.4 Å². The molecule has 4 N–H and O–H groups in total. The SMILES string of the molecule is CNC(=O)NNC(=O)NCCCl. The molecule has 0 aliphatic carbocycles. The molecule has 7 heteroatoms. The monoisotopic (exact) mass is 194 g/mol. The van der Waals surface area contributed by atoms with Crippen molar-refractivity contribution < 1.29 is 9.59 Å². The highest BCUT2D eigenvalue weighted by Crippen LogP contribution is 1.69. The predicted molar refractivity (Wildman–Crippen MR) is 44.8 cm³/mol. The summed E-state index contributed by atoms with van der Waals surface area (Å²) >= 11 is 5.29. The maximum absolute atomic E-state index is 10.7. The van der Waals surface area contributed by atoms with Gasteiger partial charge in [0.15, 0.2) is 0 Å². The van der Waals surface area contributed by atoms with Crippen molar-refractivity contribution >= 4 is 23.7 Å². The van der Waals surface area contributed by atoms with E-state index in [2.05, 4.69) is 21.5 Å². The van der Waals surface area contributed by atoms with Gasteiger partial charge in [-0.2, -0.15) is 0 Å². The number of rotatable bonds is 2. The van der Waals surface area contributed by atoms with E-state index in [4.69, 9.17) is 11.6 Å². The van der Waals surface area contributed by atoms with Gasteiger partial charge in [-0.25, -0.2) is 20.4 Å². The maximum Gasteiger partial charge on any atom is 0.333 e. The van der Waals surface area contributed by atoms with Crippen molar-refractivity contribution in [1.82, 2.24) is 21.5 Å². The lowest BCUT2D eigenvalue weighted by Gasteiger charge is -2.06. The third kappa shape index (κ3) is 5.60. The summed E-state index contributed by atoms with van der Waals surface area (Å²) in [5, 5.41) is 4.65.